The molecule has 3 heteroatoms. The molecule has 3 nitrogen and oxygen atoms in total. The van der Waals surface area contributed by atoms with Crippen LogP contribution in [0.15, 0.2) is 30.3 Å². The molecule has 0 bridgehead atoms. The molecule has 0 spiro atoms. The van der Waals surface area contributed by atoms with E-state index in [4.69, 9.17) is 0 Å². The predicted octanol–water partition coefficient (Wildman–Crippen LogP) is 0.785. The molecule has 82 valence electrons. The molecule has 2 rings (SSSR count). The van der Waals surface area contributed by atoms with Crippen LogP contribution < -0.4 is 0 Å². The highest BCUT2D eigenvalue weighted by atomic mass is 16.3. The molecule has 0 saturated carbocycles. The van der Waals surface area contributed by atoms with Crippen molar-refractivity contribution in [2.45, 2.75) is 25.2 Å². The molecule has 1 aromatic carbocycles. The predicted molar refractivity (Wildman–Crippen MR) is 58.4 cm³/mol. The number of hydrogen-bond donors (Lipinski definition) is 2. The van der Waals surface area contributed by atoms with Crippen molar-refractivity contribution >= 4 is 0 Å². The average molecular weight is 207 g/mol. The summed E-state index contributed by atoms with van der Waals surface area (Å²) >= 11 is 0. The number of likely N-dealkylation sites (tertiary alicyclic amines) is 1. The van der Waals surface area contributed by atoms with Crippen molar-refractivity contribution in [3.05, 3.63) is 35.9 Å². The number of hydrogen-bond acceptors (Lipinski definition) is 3. The molecular formula is C12H17NO2. The van der Waals surface area contributed by atoms with Crippen LogP contribution >= 0.6 is 0 Å². The van der Waals surface area contributed by atoms with Gasteiger partial charge in [0.15, 0.2) is 0 Å². The van der Waals surface area contributed by atoms with Crippen molar-refractivity contribution in [2.24, 2.45) is 0 Å². The molecule has 0 aliphatic carbocycles. The van der Waals surface area contributed by atoms with E-state index >= 15 is 0 Å². The Morgan fingerprint density at radius 1 is 1.13 bits per heavy atom. The molecular weight excluding hydrogens is 190 g/mol. The standard InChI is InChI=1S/C12H17NO2/c1-9(10-5-3-2-4-6-10)13-7-11(14)12(15)8-13/h2-6,9,11-12,14-15H,7-8H2,1H3. The van der Waals surface area contributed by atoms with Gasteiger partial charge in [0.2, 0.25) is 0 Å². The molecule has 1 fully saturated rings. The van der Waals surface area contributed by atoms with E-state index in [0.717, 1.165) is 0 Å². The zero-order valence-corrected chi connectivity index (χ0v) is 8.87. The van der Waals surface area contributed by atoms with E-state index in [9.17, 15) is 10.2 Å². The summed E-state index contributed by atoms with van der Waals surface area (Å²) in [6, 6.07) is 10.4. The van der Waals surface area contributed by atoms with Gasteiger partial charge in [-0.2, -0.15) is 0 Å². The largest absolute Gasteiger partial charge is 0.389 e. The summed E-state index contributed by atoms with van der Waals surface area (Å²) in [5.74, 6) is 0. The molecule has 1 aromatic rings. The fourth-order valence-corrected chi connectivity index (χ4v) is 2.06. The van der Waals surface area contributed by atoms with Crippen molar-refractivity contribution in [2.75, 3.05) is 13.1 Å². The molecule has 1 saturated heterocycles. The minimum atomic E-state index is -0.601. The SMILES string of the molecule is CC(c1ccccc1)N1CC(O)C(O)C1. The number of nitrogens with zero attached hydrogens (tertiary/aromatic N) is 1. The third kappa shape index (κ3) is 2.20. The van der Waals surface area contributed by atoms with Gasteiger partial charge in [0.1, 0.15) is 0 Å². The summed E-state index contributed by atoms with van der Waals surface area (Å²) in [7, 11) is 0. The van der Waals surface area contributed by atoms with Crippen LogP contribution in [0, 0.1) is 0 Å². The number of benzene rings is 1. The van der Waals surface area contributed by atoms with Crippen molar-refractivity contribution in [3.8, 4) is 0 Å². The fraction of sp³-hybridized carbons (Fsp3) is 0.500. The van der Waals surface area contributed by atoms with Gasteiger partial charge in [-0.15, -0.1) is 0 Å². The topological polar surface area (TPSA) is 43.7 Å². The first-order valence-electron chi connectivity index (χ1n) is 5.33. The van der Waals surface area contributed by atoms with Crippen LogP contribution in [0.3, 0.4) is 0 Å². The summed E-state index contributed by atoms with van der Waals surface area (Å²) in [4.78, 5) is 2.10. The summed E-state index contributed by atoms with van der Waals surface area (Å²) in [5.41, 5.74) is 1.22. The van der Waals surface area contributed by atoms with Crippen LogP contribution in [-0.2, 0) is 0 Å². The van der Waals surface area contributed by atoms with Crippen LogP contribution in [0.25, 0.3) is 0 Å². The summed E-state index contributed by atoms with van der Waals surface area (Å²) in [6.07, 6.45) is -1.20. The number of aliphatic hydroxyl groups excluding tert-OH is 2. The van der Waals surface area contributed by atoms with E-state index in [2.05, 4.69) is 24.0 Å². The van der Waals surface area contributed by atoms with Crippen LogP contribution in [0.2, 0.25) is 0 Å². The van der Waals surface area contributed by atoms with Crippen LogP contribution in [-0.4, -0.2) is 40.4 Å². The highest BCUT2D eigenvalue weighted by molar-refractivity contribution is 5.18. The average Bonchev–Trinajstić information content (AvgIpc) is 2.59. The first-order chi connectivity index (χ1) is 7.18. The first-order valence-corrected chi connectivity index (χ1v) is 5.33. The Morgan fingerprint density at radius 2 is 1.67 bits per heavy atom. The van der Waals surface area contributed by atoms with E-state index in [1.165, 1.54) is 5.56 Å². The molecule has 1 aliphatic heterocycles. The lowest BCUT2D eigenvalue weighted by molar-refractivity contribution is 0.0572. The Hall–Kier alpha value is -0.900. The van der Waals surface area contributed by atoms with Gasteiger partial charge in [0.25, 0.3) is 0 Å². The second kappa shape index (κ2) is 4.31. The van der Waals surface area contributed by atoms with Crippen molar-refractivity contribution in [3.63, 3.8) is 0 Å². The van der Waals surface area contributed by atoms with Gasteiger partial charge in [0, 0.05) is 19.1 Å². The molecule has 2 N–H and O–H groups in total. The Balaban J connectivity index is 2.07. The number of aliphatic hydroxyl groups is 2. The van der Waals surface area contributed by atoms with Gasteiger partial charge < -0.3 is 10.2 Å². The molecule has 3 unspecified atom stereocenters. The second-order valence-electron chi connectivity index (χ2n) is 4.18. The maximum Gasteiger partial charge on any atom is 0.0938 e. The number of rotatable bonds is 2. The van der Waals surface area contributed by atoms with Crippen molar-refractivity contribution in [1.82, 2.24) is 4.90 Å². The lowest BCUT2D eigenvalue weighted by Crippen LogP contribution is -2.25. The van der Waals surface area contributed by atoms with E-state index in [1.54, 1.807) is 0 Å². The normalized spacial score (nSPS) is 29.3. The summed E-state index contributed by atoms with van der Waals surface area (Å²) in [5, 5.41) is 18.9. The zero-order chi connectivity index (χ0) is 10.8. The van der Waals surface area contributed by atoms with E-state index in [1.807, 2.05) is 18.2 Å². The van der Waals surface area contributed by atoms with Crippen LogP contribution in [0.5, 0.6) is 0 Å². The highest BCUT2D eigenvalue weighted by Gasteiger charge is 2.32. The van der Waals surface area contributed by atoms with Gasteiger partial charge in [0.05, 0.1) is 12.2 Å². The third-order valence-electron chi connectivity index (χ3n) is 3.12. The van der Waals surface area contributed by atoms with E-state index in [-0.39, 0.29) is 6.04 Å². The first kappa shape index (κ1) is 10.6. The lowest BCUT2D eigenvalue weighted by Gasteiger charge is -2.23. The lowest BCUT2D eigenvalue weighted by atomic mass is 10.1. The van der Waals surface area contributed by atoms with Crippen LogP contribution in [0.4, 0.5) is 0 Å². The Morgan fingerprint density at radius 3 is 2.20 bits per heavy atom. The summed E-state index contributed by atoms with van der Waals surface area (Å²) in [6.45, 7) is 3.20. The van der Waals surface area contributed by atoms with Gasteiger partial charge in [-0.05, 0) is 12.5 Å². The third-order valence-corrected chi connectivity index (χ3v) is 3.12. The molecule has 0 aromatic heterocycles. The Labute approximate surface area is 90.0 Å². The van der Waals surface area contributed by atoms with E-state index < -0.39 is 12.2 Å². The molecule has 0 amide bonds. The monoisotopic (exact) mass is 207 g/mol. The zero-order valence-electron chi connectivity index (χ0n) is 8.87. The molecule has 15 heavy (non-hydrogen) atoms. The maximum absolute atomic E-state index is 9.47. The van der Waals surface area contributed by atoms with E-state index in [0.29, 0.717) is 13.1 Å². The minimum Gasteiger partial charge on any atom is -0.389 e. The highest BCUT2D eigenvalue weighted by Crippen LogP contribution is 2.24. The van der Waals surface area contributed by atoms with Crippen LogP contribution in [0.1, 0.15) is 18.5 Å². The molecule has 1 heterocycles. The van der Waals surface area contributed by atoms with Gasteiger partial charge in [-0.3, -0.25) is 4.90 Å². The Kier molecular flexibility index (Phi) is 3.05. The molecule has 3 atom stereocenters. The Bertz CT molecular complexity index is 305. The smallest absolute Gasteiger partial charge is 0.0938 e. The summed E-state index contributed by atoms with van der Waals surface area (Å²) < 4.78 is 0. The molecule has 0 radical (unpaired) electrons. The number of β-amino-alcohol motifs (C(OH)–C–C–N with tert-alkyl or cyclic N) is 2. The van der Waals surface area contributed by atoms with Gasteiger partial charge in [-0.1, -0.05) is 30.3 Å². The second-order valence-corrected chi connectivity index (χ2v) is 4.18. The van der Waals surface area contributed by atoms with Crippen molar-refractivity contribution < 1.29 is 10.2 Å². The van der Waals surface area contributed by atoms with Gasteiger partial charge in [-0.25, -0.2) is 0 Å². The molecule has 1 aliphatic rings. The fourth-order valence-electron chi connectivity index (χ4n) is 2.06. The minimum absolute atomic E-state index is 0.248. The quantitative estimate of drug-likeness (QED) is 0.753. The maximum atomic E-state index is 9.47. The van der Waals surface area contributed by atoms with Crippen molar-refractivity contribution in [1.29, 1.82) is 0 Å². The van der Waals surface area contributed by atoms with Gasteiger partial charge >= 0.3 is 0 Å².